The number of halogens is 1. The van der Waals surface area contributed by atoms with Gasteiger partial charge in [-0.25, -0.2) is 14.2 Å². The van der Waals surface area contributed by atoms with Crippen LogP contribution >= 0.6 is 22.7 Å². The number of thiazole rings is 1. The van der Waals surface area contributed by atoms with Gasteiger partial charge in [-0.2, -0.15) is 0 Å². The fraction of sp³-hybridized carbons (Fsp3) is 0.500. The monoisotopic (exact) mass is 548 g/mol. The Kier molecular flexibility index (Phi) is 8.47. The maximum absolute atomic E-state index is 13.8. The van der Waals surface area contributed by atoms with Crippen LogP contribution in [0.5, 0.6) is 0 Å². The maximum Gasteiger partial charge on any atom is 0.410 e. The number of nitrogens with one attached hydrogen (secondary N) is 2. The van der Waals surface area contributed by atoms with E-state index >= 15 is 0 Å². The number of amides is 2. The summed E-state index contributed by atoms with van der Waals surface area (Å²) in [5.74, 6) is -0.457. The van der Waals surface area contributed by atoms with E-state index in [9.17, 15) is 14.0 Å². The van der Waals surface area contributed by atoms with E-state index in [1.807, 2.05) is 27.7 Å². The average Bonchev–Trinajstić information content (AvgIpc) is 3.36. The lowest BCUT2D eigenvalue weighted by Gasteiger charge is -2.35. The van der Waals surface area contributed by atoms with Crippen LogP contribution in [0.1, 0.15) is 44.6 Å². The third-order valence-corrected chi connectivity index (χ3v) is 8.08. The second-order valence-corrected chi connectivity index (χ2v) is 12.2. The summed E-state index contributed by atoms with van der Waals surface area (Å²) >= 11 is 2.92. The average molecular weight is 549 g/mol. The lowest BCUT2D eigenvalue weighted by molar-refractivity contribution is -0.116. The number of methoxy groups -OCH3 is 1. The van der Waals surface area contributed by atoms with Crippen molar-refractivity contribution in [1.82, 2.24) is 15.2 Å². The highest BCUT2D eigenvalue weighted by atomic mass is 32.1. The Hall–Kier alpha value is -2.60. The van der Waals surface area contributed by atoms with E-state index in [1.165, 1.54) is 34.8 Å². The number of carbonyl (C=O) groups is 2. The Morgan fingerprint density at radius 2 is 2.03 bits per heavy atom. The highest BCUT2D eigenvalue weighted by Crippen LogP contribution is 2.46. The smallest absolute Gasteiger partial charge is 0.410 e. The Labute approximate surface area is 224 Å². The van der Waals surface area contributed by atoms with Crippen molar-refractivity contribution in [3.63, 3.8) is 0 Å². The molecular formula is C26H33FN4O4S2. The minimum absolute atomic E-state index is 0.101. The molecule has 0 fully saturated rings. The molecule has 0 saturated heterocycles. The number of benzene rings is 1. The van der Waals surface area contributed by atoms with Crippen LogP contribution in [0.2, 0.25) is 0 Å². The van der Waals surface area contributed by atoms with Crippen molar-refractivity contribution >= 4 is 49.9 Å². The van der Waals surface area contributed by atoms with Gasteiger partial charge in [-0.15, -0.1) is 22.7 Å². The van der Waals surface area contributed by atoms with Crippen molar-refractivity contribution in [2.45, 2.75) is 58.7 Å². The van der Waals surface area contributed by atoms with Crippen LogP contribution in [0.15, 0.2) is 18.2 Å². The molecule has 2 aromatic heterocycles. The van der Waals surface area contributed by atoms with Crippen LogP contribution < -0.4 is 10.6 Å². The molecule has 1 aliphatic rings. The quantitative estimate of drug-likeness (QED) is 0.366. The lowest BCUT2D eigenvalue weighted by Crippen LogP contribution is -2.44. The van der Waals surface area contributed by atoms with Gasteiger partial charge >= 0.3 is 6.09 Å². The molecule has 0 spiro atoms. The summed E-state index contributed by atoms with van der Waals surface area (Å²) in [6, 6.07) is 4.47. The minimum atomic E-state index is -0.593. The first-order valence-electron chi connectivity index (χ1n) is 12.3. The largest absolute Gasteiger partial charge is 0.444 e. The number of hydrogen-bond acceptors (Lipinski definition) is 8. The van der Waals surface area contributed by atoms with Gasteiger partial charge in [0.05, 0.1) is 23.4 Å². The number of fused-ring (bicyclic) bond motifs is 2. The minimum Gasteiger partial charge on any atom is -0.444 e. The molecule has 1 aromatic carbocycles. The van der Waals surface area contributed by atoms with Crippen LogP contribution in [-0.2, 0) is 27.2 Å². The second kappa shape index (κ2) is 11.4. The molecule has 11 heteroatoms. The van der Waals surface area contributed by atoms with E-state index in [4.69, 9.17) is 14.5 Å². The molecule has 0 radical (unpaired) electrons. The van der Waals surface area contributed by atoms with Gasteiger partial charge in [-0.3, -0.25) is 4.79 Å². The molecule has 3 aromatic rings. The number of rotatable bonds is 8. The molecule has 3 heterocycles. The van der Waals surface area contributed by atoms with Gasteiger partial charge in [0.1, 0.15) is 21.4 Å². The van der Waals surface area contributed by atoms with E-state index < -0.39 is 5.60 Å². The Balaban J connectivity index is 1.65. The van der Waals surface area contributed by atoms with Gasteiger partial charge in [0, 0.05) is 49.2 Å². The van der Waals surface area contributed by atoms with E-state index in [1.54, 1.807) is 18.1 Å². The van der Waals surface area contributed by atoms with Crippen molar-refractivity contribution in [3.8, 4) is 10.6 Å². The van der Waals surface area contributed by atoms with Gasteiger partial charge in [-0.05, 0) is 51.8 Å². The van der Waals surface area contributed by atoms with Crippen molar-refractivity contribution in [2.24, 2.45) is 0 Å². The number of thiophene rings is 1. The molecule has 200 valence electrons. The van der Waals surface area contributed by atoms with Crippen LogP contribution in [-0.4, -0.2) is 60.3 Å². The Morgan fingerprint density at radius 3 is 2.76 bits per heavy atom. The van der Waals surface area contributed by atoms with Gasteiger partial charge in [0.25, 0.3) is 0 Å². The summed E-state index contributed by atoms with van der Waals surface area (Å²) in [6.07, 6.45) is 0.542. The molecule has 2 amide bonds. The Bertz CT molecular complexity index is 1280. The number of aromatic nitrogens is 1. The highest BCUT2D eigenvalue weighted by Gasteiger charge is 2.35. The zero-order chi connectivity index (χ0) is 26.7. The number of hydrogen-bond donors (Lipinski definition) is 2. The molecule has 1 unspecified atom stereocenters. The first kappa shape index (κ1) is 27.4. The van der Waals surface area contributed by atoms with Crippen molar-refractivity contribution < 1.29 is 23.5 Å². The third kappa shape index (κ3) is 6.64. The summed E-state index contributed by atoms with van der Waals surface area (Å²) in [7, 11) is 1.63. The predicted molar refractivity (Wildman–Crippen MR) is 146 cm³/mol. The zero-order valence-corrected chi connectivity index (χ0v) is 23.4. The van der Waals surface area contributed by atoms with Crippen LogP contribution in [0.3, 0.4) is 0 Å². The SMILES string of the molecule is COCCNCCC(=O)Nc1sc2c(c1-c1nc3cc(F)ccc3s1)CC(C)N(C(=O)OC(C)(C)C)C2. The van der Waals surface area contributed by atoms with Crippen molar-refractivity contribution in [1.29, 1.82) is 0 Å². The highest BCUT2D eigenvalue weighted by molar-refractivity contribution is 7.22. The number of ether oxygens (including phenoxy) is 2. The Morgan fingerprint density at radius 1 is 1.24 bits per heavy atom. The van der Waals surface area contributed by atoms with Crippen LogP contribution in [0, 0.1) is 5.82 Å². The van der Waals surface area contributed by atoms with E-state index in [2.05, 4.69) is 10.6 Å². The molecule has 0 aliphatic carbocycles. The number of nitrogens with zero attached hydrogens (tertiary/aromatic N) is 2. The standard InChI is InChI=1S/C26H33FN4O4S2/c1-15-12-17-20(14-31(15)25(33)35-26(2,3)4)37-24(30-21(32)8-9-28-10-11-34-5)22(17)23-29-18-13-16(27)6-7-19(18)36-23/h6-7,13,15,28H,8-12,14H2,1-5H3,(H,30,32). The molecular weight excluding hydrogens is 515 g/mol. The van der Waals surface area contributed by atoms with Gasteiger partial charge in [-0.1, -0.05) is 0 Å². The summed E-state index contributed by atoms with van der Waals surface area (Å²) in [4.78, 5) is 33.1. The zero-order valence-electron chi connectivity index (χ0n) is 21.8. The number of anilines is 1. The van der Waals surface area contributed by atoms with Crippen LogP contribution in [0.4, 0.5) is 14.2 Å². The normalized spacial score (nSPS) is 15.6. The molecule has 0 saturated carbocycles. The van der Waals surface area contributed by atoms with Gasteiger partial charge in [0.2, 0.25) is 5.91 Å². The van der Waals surface area contributed by atoms with Crippen LogP contribution in [0.25, 0.3) is 20.8 Å². The first-order valence-corrected chi connectivity index (χ1v) is 13.9. The summed E-state index contributed by atoms with van der Waals surface area (Å²) < 4.78 is 25.4. The molecule has 1 atom stereocenters. The molecule has 1 aliphatic heterocycles. The summed E-state index contributed by atoms with van der Waals surface area (Å²) in [5, 5.41) is 7.68. The topological polar surface area (TPSA) is 92.8 Å². The van der Waals surface area contributed by atoms with E-state index in [0.29, 0.717) is 49.6 Å². The molecule has 2 N–H and O–H groups in total. The number of carbonyl (C=O) groups excluding carboxylic acids is 2. The molecule has 0 bridgehead atoms. The molecule has 37 heavy (non-hydrogen) atoms. The van der Waals surface area contributed by atoms with E-state index in [-0.39, 0.29) is 23.9 Å². The summed E-state index contributed by atoms with van der Waals surface area (Å²) in [6.45, 7) is 9.70. The third-order valence-electron chi connectivity index (χ3n) is 5.89. The van der Waals surface area contributed by atoms with Crippen molar-refractivity contribution in [2.75, 3.05) is 32.1 Å². The van der Waals surface area contributed by atoms with Gasteiger partial charge < -0.3 is 25.0 Å². The van der Waals surface area contributed by atoms with E-state index in [0.717, 1.165) is 25.7 Å². The predicted octanol–water partition coefficient (Wildman–Crippen LogP) is 5.41. The fourth-order valence-corrected chi connectivity index (χ4v) is 6.48. The lowest BCUT2D eigenvalue weighted by atomic mass is 9.97. The first-order chi connectivity index (χ1) is 17.6. The second-order valence-electron chi connectivity index (χ2n) is 10.0. The van der Waals surface area contributed by atoms with Gasteiger partial charge in [0.15, 0.2) is 0 Å². The molecule has 8 nitrogen and oxygen atoms in total. The summed E-state index contributed by atoms with van der Waals surface area (Å²) in [5.41, 5.74) is 1.91. The van der Waals surface area contributed by atoms with Crippen molar-refractivity contribution in [3.05, 3.63) is 34.5 Å². The molecule has 4 rings (SSSR count). The fourth-order valence-electron chi connectivity index (χ4n) is 4.15. The maximum atomic E-state index is 13.8.